The minimum Gasteiger partial charge on any atom is -0.444 e. The van der Waals surface area contributed by atoms with E-state index in [0.29, 0.717) is 0 Å². The van der Waals surface area contributed by atoms with Gasteiger partial charge in [0, 0.05) is 12.0 Å². The fourth-order valence-corrected chi connectivity index (χ4v) is 2.33. The molecule has 1 aromatic carbocycles. The van der Waals surface area contributed by atoms with Crippen molar-refractivity contribution < 1.29 is 27.8 Å². The molecule has 126 valence electrons. The van der Waals surface area contributed by atoms with Gasteiger partial charge in [0.1, 0.15) is 29.9 Å². The molecule has 1 fully saturated rings. The van der Waals surface area contributed by atoms with Gasteiger partial charge < -0.3 is 14.8 Å². The highest BCUT2D eigenvalue weighted by atomic mass is 19.1. The van der Waals surface area contributed by atoms with E-state index in [-0.39, 0.29) is 24.4 Å². The maximum absolute atomic E-state index is 14.0. The van der Waals surface area contributed by atoms with Crippen LogP contribution in [-0.4, -0.2) is 30.1 Å². The Bertz CT molecular complexity index is 613. The molecule has 7 heteroatoms. The van der Waals surface area contributed by atoms with Crippen molar-refractivity contribution in [2.24, 2.45) is 0 Å². The maximum Gasteiger partial charge on any atom is 0.407 e. The van der Waals surface area contributed by atoms with E-state index in [4.69, 9.17) is 9.47 Å². The number of alkyl carbamates (subject to hydrolysis) is 1. The number of rotatable bonds is 2. The summed E-state index contributed by atoms with van der Waals surface area (Å²) in [5.41, 5.74) is -0.762. The summed E-state index contributed by atoms with van der Waals surface area (Å²) < 4.78 is 37.8. The smallest absolute Gasteiger partial charge is 0.407 e. The summed E-state index contributed by atoms with van der Waals surface area (Å²) in [5.74, 6) is -1.53. The Kier molecular flexibility index (Phi) is 4.99. The minimum atomic E-state index is -0.962. The second-order valence-corrected chi connectivity index (χ2v) is 6.39. The Morgan fingerprint density at radius 3 is 2.70 bits per heavy atom. The summed E-state index contributed by atoms with van der Waals surface area (Å²) in [5, 5.41) is 2.50. The molecule has 1 amide bonds. The molecule has 2 rings (SSSR count). The van der Waals surface area contributed by atoms with Crippen LogP contribution < -0.4 is 5.32 Å². The van der Waals surface area contributed by atoms with Crippen molar-refractivity contribution in [1.29, 1.82) is 0 Å². The number of halogens is 2. The zero-order valence-corrected chi connectivity index (χ0v) is 13.2. The number of ketones is 1. The lowest BCUT2D eigenvalue weighted by atomic mass is 9.95. The Balaban J connectivity index is 2.21. The van der Waals surface area contributed by atoms with E-state index >= 15 is 0 Å². The third-order valence-corrected chi connectivity index (χ3v) is 3.20. The summed E-state index contributed by atoms with van der Waals surface area (Å²) in [7, 11) is 0. The predicted octanol–water partition coefficient (Wildman–Crippen LogP) is 2.89. The first kappa shape index (κ1) is 17.3. The van der Waals surface area contributed by atoms with E-state index in [2.05, 4.69) is 5.32 Å². The van der Waals surface area contributed by atoms with Gasteiger partial charge in [-0.05, 0) is 39.0 Å². The maximum atomic E-state index is 14.0. The average Bonchev–Trinajstić information content (AvgIpc) is 2.40. The van der Waals surface area contributed by atoms with E-state index < -0.39 is 35.5 Å². The van der Waals surface area contributed by atoms with Crippen molar-refractivity contribution in [2.45, 2.75) is 44.9 Å². The van der Waals surface area contributed by atoms with E-state index in [0.717, 1.165) is 18.2 Å². The van der Waals surface area contributed by atoms with Gasteiger partial charge in [0.2, 0.25) is 0 Å². The molecule has 0 saturated carbocycles. The summed E-state index contributed by atoms with van der Waals surface area (Å²) in [6.07, 6.45) is -1.75. The number of hydrogen-bond donors (Lipinski definition) is 1. The van der Waals surface area contributed by atoms with E-state index in [1.54, 1.807) is 20.8 Å². The third kappa shape index (κ3) is 4.72. The zero-order valence-electron chi connectivity index (χ0n) is 13.2. The fourth-order valence-electron chi connectivity index (χ4n) is 2.33. The number of hydrogen-bond acceptors (Lipinski definition) is 4. The fraction of sp³-hybridized carbons (Fsp3) is 0.500. The van der Waals surface area contributed by atoms with Crippen molar-refractivity contribution in [3.05, 3.63) is 35.4 Å². The predicted molar refractivity (Wildman–Crippen MR) is 77.8 cm³/mol. The molecule has 1 aliphatic heterocycles. The lowest BCUT2D eigenvalue weighted by Crippen LogP contribution is -2.47. The Hall–Kier alpha value is -2.02. The van der Waals surface area contributed by atoms with Crippen LogP contribution in [0.15, 0.2) is 18.2 Å². The van der Waals surface area contributed by atoms with Crippen LogP contribution in [0, 0.1) is 11.6 Å². The number of carbonyl (C=O) groups is 2. The SMILES string of the molecule is CC(C)(C)OC(=O)N[C@@H]1CC(=O)CO[C@H]1c1cc(F)ccc1F. The van der Waals surface area contributed by atoms with Gasteiger partial charge in [0.25, 0.3) is 0 Å². The number of Topliss-reactive ketones (excluding diaryl/α,β-unsaturated/α-hetero) is 1. The molecule has 23 heavy (non-hydrogen) atoms. The van der Waals surface area contributed by atoms with Gasteiger partial charge in [-0.15, -0.1) is 0 Å². The lowest BCUT2D eigenvalue weighted by molar-refractivity contribution is -0.133. The molecule has 0 radical (unpaired) electrons. The molecule has 0 bridgehead atoms. The molecule has 1 aliphatic rings. The number of amides is 1. The average molecular weight is 327 g/mol. The van der Waals surface area contributed by atoms with E-state index in [9.17, 15) is 18.4 Å². The number of nitrogens with one attached hydrogen (secondary N) is 1. The largest absolute Gasteiger partial charge is 0.444 e. The zero-order chi connectivity index (χ0) is 17.2. The van der Waals surface area contributed by atoms with Crippen molar-refractivity contribution in [3.63, 3.8) is 0 Å². The molecule has 2 atom stereocenters. The Morgan fingerprint density at radius 2 is 2.04 bits per heavy atom. The molecule has 0 spiro atoms. The van der Waals surface area contributed by atoms with Gasteiger partial charge in [0.15, 0.2) is 5.78 Å². The molecule has 1 N–H and O–H groups in total. The van der Waals surface area contributed by atoms with Gasteiger partial charge in [-0.1, -0.05) is 0 Å². The van der Waals surface area contributed by atoms with Crippen LogP contribution in [0.3, 0.4) is 0 Å². The summed E-state index contributed by atoms with van der Waals surface area (Å²) in [4.78, 5) is 23.5. The van der Waals surface area contributed by atoms with Crippen LogP contribution in [0.5, 0.6) is 0 Å². The second-order valence-electron chi connectivity index (χ2n) is 6.39. The minimum absolute atomic E-state index is 0.0418. The number of ether oxygens (including phenoxy) is 2. The molecule has 1 saturated heterocycles. The van der Waals surface area contributed by atoms with Crippen LogP contribution in [-0.2, 0) is 14.3 Å². The first-order valence-electron chi connectivity index (χ1n) is 7.23. The van der Waals surface area contributed by atoms with Crippen LogP contribution in [0.4, 0.5) is 13.6 Å². The molecule has 0 aromatic heterocycles. The second kappa shape index (κ2) is 6.62. The van der Waals surface area contributed by atoms with E-state index in [1.807, 2.05) is 0 Å². The van der Waals surface area contributed by atoms with Crippen LogP contribution in [0.25, 0.3) is 0 Å². The topological polar surface area (TPSA) is 64.6 Å². The standard InChI is InChI=1S/C16H19F2NO4/c1-16(2,3)23-15(21)19-13-7-10(20)8-22-14(13)11-6-9(17)4-5-12(11)18/h4-6,13-14H,7-8H2,1-3H3,(H,19,21)/t13-,14+/m1/s1. The molecule has 1 aromatic rings. The molecular weight excluding hydrogens is 308 g/mol. The normalized spacial score (nSPS) is 21.9. The van der Waals surface area contributed by atoms with Crippen molar-refractivity contribution in [1.82, 2.24) is 5.32 Å². The quantitative estimate of drug-likeness (QED) is 0.907. The molecule has 5 nitrogen and oxygen atoms in total. The Labute approximate surface area is 133 Å². The van der Waals surface area contributed by atoms with Crippen molar-refractivity contribution >= 4 is 11.9 Å². The van der Waals surface area contributed by atoms with Gasteiger partial charge in [-0.2, -0.15) is 0 Å². The first-order chi connectivity index (χ1) is 10.7. The highest BCUT2D eigenvalue weighted by Crippen LogP contribution is 2.30. The summed E-state index contributed by atoms with van der Waals surface area (Å²) in [6, 6.07) is 2.14. The van der Waals surface area contributed by atoms with Crippen LogP contribution in [0.1, 0.15) is 38.9 Å². The third-order valence-electron chi connectivity index (χ3n) is 3.20. The van der Waals surface area contributed by atoms with Gasteiger partial charge in [-0.3, -0.25) is 4.79 Å². The molecular formula is C16H19F2NO4. The first-order valence-corrected chi connectivity index (χ1v) is 7.23. The number of carbonyl (C=O) groups excluding carboxylic acids is 2. The van der Waals surface area contributed by atoms with Gasteiger partial charge in [-0.25, -0.2) is 13.6 Å². The highest BCUT2D eigenvalue weighted by molar-refractivity contribution is 5.82. The summed E-state index contributed by atoms with van der Waals surface area (Å²) in [6.45, 7) is 4.86. The van der Waals surface area contributed by atoms with Crippen LogP contribution >= 0.6 is 0 Å². The van der Waals surface area contributed by atoms with Gasteiger partial charge in [0.05, 0.1) is 6.04 Å². The Morgan fingerprint density at radius 1 is 1.35 bits per heavy atom. The number of benzene rings is 1. The van der Waals surface area contributed by atoms with Crippen molar-refractivity contribution in [2.75, 3.05) is 6.61 Å². The van der Waals surface area contributed by atoms with E-state index in [1.165, 1.54) is 0 Å². The van der Waals surface area contributed by atoms with Gasteiger partial charge >= 0.3 is 6.09 Å². The van der Waals surface area contributed by atoms with Crippen LogP contribution in [0.2, 0.25) is 0 Å². The summed E-state index contributed by atoms with van der Waals surface area (Å²) >= 11 is 0. The molecule has 0 aliphatic carbocycles. The molecule has 1 heterocycles. The lowest BCUT2D eigenvalue weighted by Gasteiger charge is -2.32. The highest BCUT2D eigenvalue weighted by Gasteiger charge is 2.35. The monoisotopic (exact) mass is 327 g/mol. The molecule has 0 unspecified atom stereocenters. The van der Waals surface area contributed by atoms with Crippen molar-refractivity contribution in [3.8, 4) is 0 Å².